The number of carbonyl (C=O) groups excluding carboxylic acids is 1. The van der Waals surface area contributed by atoms with Gasteiger partial charge in [-0.25, -0.2) is 21.6 Å². The summed E-state index contributed by atoms with van der Waals surface area (Å²) in [5.74, 6) is -0.192. The van der Waals surface area contributed by atoms with Gasteiger partial charge < -0.3 is 5.32 Å². The minimum absolute atomic E-state index is 0.00801. The number of hydrogen-bond acceptors (Lipinski definition) is 5. The molecule has 3 N–H and O–H groups in total. The molecule has 1 amide bonds. The molecule has 10 heteroatoms. The van der Waals surface area contributed by atoms with E-state index in [1.165, 1.54) is 43.4 Å². The highest BCUT2D eigenvalue weighted by molar-refractivity contribution is 7.92. The Kier molecular flexibility index (Phi) is 4.51. The smallest absolute Gasteiger partial charge is 0.261 e. The number of sulfonamides is 2. The van der Waals surface area contributed by atoms with E-state index in [0.29, 0.717) is 16.8 Å². The van der Waals surface area contributed by atoms with Crippen LogP contribution >= 0.6 is 0 Å². The summed E-state index contributed by atoms with van der Waals surface area (Å²) in [5, 5.41) is 2.63. The van der Waals surface area contributed by atoms with Crippen LogP contribution in [-0.2, 0) is 31.3 Å². The molecular formula is C16H17N3O5S2. The van der Waals surface area contributed by atoms with Gasteiger partial charge in [0.05, 0.1) is 21.9 Å². The Morgan fingerprint density at radius 3 is 2.42 bits per heavy atom. The van der Waals surface area contributed by atoms with Crippen molar-refractivity contribution < 1.29 is 21.6 Å². The molecule has 138 valence electrons. The van der Waals surface area contributed by atoms with Crippen LogP contribution in [0.1, 0.15) is 11.1 Å². The second-order valence-electron chi connectivity index (χ2n) is 5.84. The number of benzene rings is 2. The van der Waals surface area contributed by atoms with E-state index < -0.39 is 20.0 Å². The van der Waals surface area contributed by atoms with Crippen molar-refractivity contribution in [1.29, 1.82) is 0 Å². The number of anilines is 2. The van der Waals surface area contributed by atoms with Crippen LogP contribution in [0, 0.1) is 6.92 Å². The first-order valence-electron chi connectivity index (χ1n) is 7.62. The Bertz CT molecular complexity index is 1110. The fraction of sp³-hybridized carbons (Fsp3) is 0.188. The third-order valence-electron chi connectivity index (χ3n) is 4.01. The maximum Gasteiger partial charge on any atom is 0.261 e. The van der Waals surface area contributed by atoms with E-state index in [-0.39, 0.29) is 27.8 Å². The fourth-order valence-corrected chi connectivity index (χ4v) is 4.74. The number of fused-ring (bicyclic) bond motifs is 1. The molecule has 1 aliphatic rings. The van der Waals surface area contributed by atoms with Crippen LogP contribution in [0.5, 0.6) is 0 Å². The second-order valence-corrected chi connectivity index (χ2v) is 9.37. The molecule has 0 radical (unpaired) electrons. The average Bonchev–Trinajstić information content (AvgIpc) is 2.95. The Morgan fingerprint density at radius 1 is 1.00 bits per heavy atom. The van der Waals surface area contributed by atoms with Gasteiger partial charge in [0, 0.05) is 5.69 Å². The van der Waals surface area contributed by atoms with Crippen LogP contribution in [-0.4, -0.2) is 29.8 Å². The molecule has 0 aromatic heterocycles. The van der Waals surface area contributed by atoms with Crippen LogP contribution < -0.4 is 14.8 Å². The number of nitrogens with one attached hydrogen (secondary N) is 3. The Balaban J connectivity index is 1.95. The maximum atomic E-state index is 12.6. The molecule has 0 aliphatic carbocycles. The van der Waals surface area contributed by atoms with Crippen molar-refractivity contribution >= 4 is 37.3 Å². The van der Waals surface area contributed by atoms with Crippen LogP contribution in [0.2, 0.25) is 0 Å². The molecule has 0 saturated carbocycles. The van der Waals surface area contributed by atoms with E-state index in [4.69, 9.17) is 0 Å². The lowest BCUT2D eigenvalue weighted by atomic mass is 10.2. The van der Waals surface area contributed by atoms with Gasteiger partial charge in [0.2, 0.25) is 15.9 Å². The molecule has 26 heavy (non-hydrogen) atoms. The van der Waals surface area contributed by atoms with Crippen LogP contribution in [0.3, 0.4) is 0 Å². The van der Waals surface area contributed by atoms with Gasteiger partial charge in [-0.15, -0.1) is 0 Å². The molecular weight excluding hydrogens is 378 g/mol. The third-order valence-corrected chi connectivity index (χ3v) is 6.95. The van der Waals surface area contributed by atoms with Crippen molar-refractivity contribution in [3.05, 3.63) is 47.5 Å². The van der Waals surface area contributed by atoms with E-state index in [1.807, 2.05) is 0 Å². The molecule has 2 aromatic rings. The molecule has 2 aromatic carbocycles. The number of hydrogen-bond donors (Lipinski definition) is 3. The molecule has 0 fully saturated rings. The largest absolute Gasteiger partial charge is 0.326 e. The zero-order valence-corrected chi connectivity index (χ0v) is 15.7. The summed E-state index contributed by atoms with van der Waals surface area (Å²) in [7, 11) is -6.37. The van der Waals surface area contributed by atoms with Crippen molar-refractivity contribution in [2.24, 2.45) is 0 Å². The van der Waals surface area contributed by atoms with Crippen molar-refractivity contribution in [2.45, 2.75) is 23.1 Å². The number of aryl methyl sites for hydroxylation is 1. The zero-order chi connectivity index (χ0) is 19.1. The lowest BCUT2D eigenvalue weighted by molar-refractivity contribution is -0.115. The predicted molar refractivity (Wildman–Crippen MR) is 97.0 cm³/mol. The minimum atomic E-state index is -3.94. The highest BCUT2D eigenvalue weighted by Crippen LogP contribution is 2.27. The SMILES string of the molecule is CNS(=O)(=O)c1cc(NS(=O)(=O)c2ccc3c(c2)CC(=O)N3)ccc1C. The van der Waals surface area contributed by atoms with Gasteiger partial charge in [-0.2, -0.15) is 0 Å². The normalized spacial score (nSPS) is 14.0. The van der Waals surface area contributed by atoms with Gasteiger partial charge in [-0.1, -0.05) is 6.07 Å². The first kappa shape index (κ1) is 18.4. The van der Waals surface area contributed by atoms with Gasteiger partial charge >= 0.3 is 0 Å². The Labute approximate surface area is 151 Å². The van der Waals surface area contributed by atoms with Crippen LogP contribution in [0.25, 0.3) is 0 Å². The Morgan fingerprint density at radius 2 is 1.73 bits per heavy atom. The zero-order valence-electron chi connectivity index (χ0n) is 14.0. The quantitative estimate of drug-likeness (QED) is 0.702. The van der Waals surface area contributed by atoms with Crippen molar-refractivity contribution in [3.63, 3.8) is 0 Å². The summed E-state index contributed by atoms with van der Waals surface area (Å²) in [4.78, 5) is 11.4. The van der Waals surface area contributed by atoms with E-state index in [1.54, 1.807) is 6.92 Å². The molecule has 1 aliphatic heterocycles. The highest BCUT2D eigenvalue weighted by Gasteiger charge is 2.23. The number of amides is 1. The van der Waals surface area contributed by atoms with Crippen molar-refractivity contribution in [1.82, 2.24) is 4.72 Å². The fourth-order valence-electron chi connectivity index (χ4n) is 2.65. The lowest BCUT2D eigenvalue weighted by Crippen LogP contribution is -2.20. The van der Waals surface area contributed by atoms with Crippen molar-refractivity contribution in [3.8, 4) is 0 Å². The first-order valence-corrected chi connectivity index (χ1v) is 10.6. The van der Waals surface area contributed by atoms with E-state index in [0.717, 1.165) is 0 Å². The van der Waals surface area contributed by atoms with E-state index in [2.05, 4.69) is 14.8 Å². The highest BCUT2D eigenvalue weighted by atomic mass is 32.2. The second kappa shape index (κ2) is 6.38. The van der Waals surface area contributed by atoms with Gasteiger partial charge in [-0.05, 0) is 55.4 Å². The maximum absolute atomic E-state index is 12.6. The predicted octanol–water partition coefficient (Wildman–Crippen LogP) is 1.20. The van der Waals surface area contributed by atoms with Crippen LogP contribution in [0.4, 0.5) is 11.4 Å². The number of rotatable bonds is 5. The molecule has 0 atom stereocenters. The summed E-state index contributed by atoms with van der Waals surface area (Å²) < 4.78 is 53.9. The summed E-state index contributed by atoms with van der Waals surface area (Å²) in [6.07, 6.45) is 0.119. The van der Waals surface area contributed by atoms with Gasteiger partial charge in [0.15, 0.2) is 0 Å². The molecule has 3 rings (SSSR count). The van der Waals surface area contributed by atoms with E-state index in [9.17, 15) is 21.6 Å². The van der Waals surface area contributed by atoms with E-state index >= 15 is 0 Å². The van der Waals surface area contributed by atoms with Gasteiger partial charge in [-0.3, -0.25) is 9.52 Å². The van der Waals surface area contributed by atoms with Crippen molar-refractivity contribution in [2.75, 3.05) is 17.1 Å². The van der Waals surface area contributed by atoms with Gasteiger partial charge in [0.25, 0.3) is 10.0 Å². The summed E-state index contributed by atoms with van der Waals surface area (Å²) >= 11 is 0. The summed E-state index contributed by atoms with van der Waals surface area (Å²) in [6, 6.07) is 8.60. The molecule has 0 unspecified atom stereocenters. The first-order chi connectivity index (χ1) is 12.1. The number of carbonyl (C=O) groups is 1. The third kappa shape index (κ3) is 3.43. The van der Waals surface area contributed by atoms with Crippen LogP contribution in [0.15, 0.2) is 46.2 Å². The molecule has 0 spiro atoms. The summed E-state index contributed by atoms with van der Waals surface area (Å²) in [6.45, 7) is 1.62. The summed E-state index contributed by atoms with van der Waals surface area (Å²) in [5.41, 5.74) is 1.80. The average molecular weight is 395 g/mol. The molecule has 0 saturated heterocycles. The standard InChI is InChI=1S/C16H17N3O5S2/c1-10-3-4-12(9-15(10)26(23,24)17-2)19-25(21,22)13-5-6-14-11(7-13)8-16(20)18-14/h3-7,9,17,19H,8H2,1-2H3,(H,18,20). The Hall–Kier alpha value is -2.43. The minimum Gasteiger partial charge on any atom is -0.326 e. The topological polar surface area (TPSA) is 121 Å². The molecule has 8 nitrogen and oxygen atoms in total. The monoisotopic (exact) mass is 395 g/mol. The molecule has 1 heterocycles. The lowest BCUT2D eigenvalue weighted by Gasteiger charge is -2.12. The van der Waals surface area contributed by atoms with Gasteiger partial charge in [0.1, 0.15) is 0 Å². The molecule has 0 bridgehead atoms.